The van der Waals surface area contributed by atoms with Crippen LogP contribution >= 0.6 is 0 Å². The fourth-order valence-corrected chi connectivity index (χ4v) is 0. The maximum absolute atomic E-state index is 0. The summed E-state index contributed by atoms with van der Waals surface area (Å²) in [6, 6.07) is 0. The normalized spacial score (nSPS) is 0. The summed E-state index contributed by atoms with van der Waals surface area (Å²) >= 11 is 0. The van der Waals surface area contributed by atoms with Gasteiger partial charge >= 0.3 is 0 Å². The molecule has 5 heavy (non-hydrogen) atoms. The molecule has 0 N–H and O–H groups in total. The molecule has 0 saturated heterocycles. The first kappa shape index (κ1) is 39.5. The first-order chi connectivity index (χ1) is 0. The van der Waals surface area contributed by atoms with Crippen molar-refractivity contribution >= 4 is 17.4 Å². The van der Waals surface area contributed by atoms with Gasteiger partial charge in [0.25, 0.3) is 0 Å². The summed E-state index contributed by atoms with van der Waals surface area (Å²) in [5.41, 5.74) is 0. The molecule has 0 heterocycles. The number of rotatable bonds is 0. The number of hydrogen-bond acceptors (Lipinski definition) is 0. The Morgan fingerprint density at radius 3 is 0.600 bits per heavy atom. The molecule has 0 aliphatic carbocycles. The molecule has 0 amide bonds. The summed E-state index contributed by atoms with van der Waals surface area (Å²) in [6.45, 7) is 0. The van der Waals surface area contributed by atoms with E-state index in [4.69, 9.17) is 0 Å². The van der Waals surface area contributed by atoms with Gasteiger partial charge in [-0.15, -0.1) is 0 Å². The summed E-state index contributed by atoms with van der Waals surface area (Å²) in [5.74, 6) is 0. The molecule has 0 aliphatic rings. The third-order valence-electron chi connectivity index (χ3n) is 0. The van der Waals surface area contributed by atoms with Crippen molar-refractivity contribution in [1.82, 2.24) is 0 Å². The van der Waals surface area contributed by atoms with Gasteiger partial charge in [0.1, 0.15) is 0 Å². The molecule has 0 fully saturated rings. The minimum atomic E-state index is 0. The van der Waals surface area contributed by atoms with E-state index in [0.29, 0.717) is 0 Å². The quantitative estimate of drug-likeness (QED) is 0.445. The van der Waals surface area contributed by atoms with Crippen LogP contribution in [0.2, 0.25) is 0 Å². The van der Waals surface area contributed by atoms with Gasteiger partial charge in [-0.2, -0.15) is 0 Å². The van der Waals surface area contributed by atoms with Crippen LogP contribution in [0.15, 0.2) is 0 Å². The maximum Gasteiger partial charge on any atom is 0.187 e. The molecule has 3 radical (unpaired) electrons. The predicted molar refractivity (Wildman–Crippen MR) is 9.94 cm³/mol. The van der Waals surface area contributed by atoms with E-state index < -0.39 is 0 Å². The van der Waals surface area contributed by atoms with Crippen molar-refractivity contribution in [2.45, 2.75) is 0 Å². The minimum absolute atomic E-state index is 0. The molecule has 0 spiro atoms. The van der Waals surface area contributed by atoms with Gasteiger partial charge in [-0.3, -0.25) is 0 Å². The van der Waals surface area contributed by atoms with Crippen LogP contribution in [-0.2, 0) is 88.2 Å². The van der Waals surface area contributed by atoms with E-state index in [1.54, 1.807) is 0 Å². The number of hydrogen-bond donors (Lipinski definition) is 0. The van der Waals surface area contributed by atoms with E-state index in [0.717, 1.165) is 0 Å². The van der Waals surface area contributed by atoms with Crippen molar-refractivity contribution in [1.29, 1.82) is 0 Å². The molecular weight excluding hydrogens is 402 g/mol. The van der Waals surface area contributed by atoms with Gasteiger partial charge in [-0.1, -0.05) is 0 Å². The molecule has 27 valence electrons. The van der Waals surface area contributed by atoms with Crippen molar-refractivity contribution in [3.05, 3.63) is 0 Å². The molecule has 0 aromatic carbocycles. The fourth-order valence-electron chi connectivity index (χ4n) is 0. The monoisotopic (exact) mass is 407 g/mol. The summed E-state index contributed by atoms with van der Waals surface area (Å²) in [5, 5.41) is 0. The minimum Gasteiger partial charge on any atom is 0 e. The molecule has 0 nitrogen and oxygen atoms in total. The van der Waals surface area contributed by atoms with Crippen LogP contribution in [0, 0.1) is 0 Å². The predicted octanol–water partition coefficient (Wildman–Crippen LogP) is -1.19. The van der Waals surface area contributed by atoms with E-state index in [1.165, 1.54) is 0 Å². The second-order valence-electron chi connectivity index (χ2n) is 0. The van der Waals surface area contributed by atoms with Crippen molar-refractivity contribution in [2.75, 3.05) is 0 Å². The molecule has 0 aliphatic heterocycles. The van der Waals surface area contributed by atoms with E-state index in [1.807, 2.05) is 0 Å². The molecular formula is H3AlMoNb3. The van der Waals surface area contributed by atoms with Gasteiger partial charge in [0, 0.05) is 88.2 Å². The van der Waals surface area contributed by atoms with Crippen LogP contribution in [0.25, 0.3) is 0 Å². The van der Waals surface area contributed by atoms with Gasteiger partial charge in [0.15, 0.2) is 17.4 Å². The van der Waals surface area contributed by atoms with E-state index in [-0.39, 0.29) is 106 Å². The molecule has 0 saturated carbocycles. The van der Waals surface area contributed by atoms with Gasteiger partial charge in [0.05, 0.1) is 0 Å². The van der Waals surface area contributed by atoms with Crippen LogP contribution in [0.5, 0.6) is 0 Å². The van der Waals surface area contributed by atoms with Gasteiger partial charge in [0.2, 0.25) is 0 Å². The van der Waals surface area contributed by atoms with Crippen molar-refractivity contribution in [2.24, 2.45) is 0 Å². The van der Waals surface area contributed by atoms with Gasteiger partial charge < -0.3 is 0 Å². The standard InChI is InChI=1S/Al.Mo.3Nb.3H. The Morgan fingerprint density at radius 1 is 0.600 bits per heavy atom. The summed E-state index contributed by atoms with van der Waals surface area (Å²) in [7, 11) is 0. The molecule has 0 aromatic rings. The van der Waals surface area contributed by atoms with E-state index >= 15 is 0 Å². The Hall–Kier alpha value is 3.44. The van der Waals surface area contributed by atoms with Crippen LogP contribution in [-0.4, -0.2) is 17.4 Å². The van der Waals surface area contributed by atoms with Gasteiger partial charge in [-0.05, 0) is 0 Å². The molecule has 0 atom stereocenters. The van der Waals surface area contributed by atoms with E-state index in [9.17, 15) is 0 Å². The molecule has 0 aromatic heterocycles. The van der Waals surface area contributed by atoms with E-state index in [2.05, 4.69) is 0 Å². The van der Waals surface area contributed by atoms with Crippen LogP contribution in [0.1, 0.15) is 0 Å². The Balaban J connectivity index is 0. The molecule has 5 heteroatoms. The second kappa shape index (κ2) is 26.1. The summed E-state index contributed by atoms with van der Waals surface area (Å²) in [4.78, 5) is 0. The Kier molecular flexibility index (Phi) is 206. The summed E-state index contributed by atoms with van der Waals surface area (Å²) < 4.78 is 0. The first-order valence-electron chi connectivity index (χ1n) is 0. The zero-order valence-corrected chi connectivity index (χ0v) is 10.4. The Labute approximate surface area is 104 Å². The molecule has 0 unspecified atom stereocenters. The van der Waals surface area contributed by atoms with Crippen LogP contribution in [0.3, 0.4) is 0 Å². The third-order valence-corrected chi connectivity index (χ3v) is 0. The summed E-state index contributed by atoms with van der Waals surface area (Å²) in [6.07, 6.45) is 0. The average Bonchev–Trinajstić information content (AvgIpc) is 0. The molecule has 0 bridgehead atoms. The smallest absolute Gasteiger partial charge is 0 e. The zero-order chi connectivity index (χ0) is 0. The Bertz CT molecular complexity index is 6.85. The van der Waals surface area contributed by atoms with Crippen molar-refractivity contribution in [3.8, 4) is 0 Å². The third kappa shape index (κ3) is 18.6. The first-order valence-corrected chi connectivity index (χ1v) is 0. The topological polar surface area (TPSA) is 0 Å². The SMILES string of the molecule is [AlH3].[Mo].[Nb].[Nb].[Nb]. The molecule has 0 rings (SSSR count). The Morgan fingerprint density at radius 2 is 0.600 bits per heavy atom. The van der Waals surface area contributed by atoms with Crippen LogP contribution in [0.4, 0.5) is 0 Å². The largest absolute Gasteiger partial charge is 0.187 e. The van der Waals surface area contributed by atoms with Crippen molar-refractivity contribution < 1.29 is 88.2 Å². The maximum atomic E-state index is 0. The zero-order valence-electron chi connectivity index (χ0n) is 1.75. The fraction of sp³-hybridized carbons (Fsp3) is 0. The van der Waals surface area contributed by atoms with Crippen LogP contribution < -0.4 is 0 Å². The average molecular weight is 405 g/mol. The second-order valence-corrected chi connectivity index (χ2v) is 0. The van der Waals surface area contributed by atoms with Gasteiger partial charge in [-0.25, -0.2) is 0 Å². The van der Waals surface area contributed by atoms with Crippen molar-refractivity contribution in [3.63, 3.8) is 0 Å².